The molecule has 11 nitrogen and oxygen atoms in total. The third kappa shape index (κ3) is 1.66. The van der Waals surface area contributed by atoms with Gasteiger partial charge < -0.3 is 39.7 Å². The van der Waals surface area contributed by atoms with Crippen molar-refractivity contribution in [3.05, 3.63) is 0 Å². The van der Waals surface area contributed by atoms with Crippen LogP contribution in [-0.4, -0.2) is 85.3 Å². The Kier molecular flexibility index (Phi) is 3.67. The van der Waals surface area contributed by atoms with E-state index in [1.165, 1.54) is 6.92 Å². The summed E-state index contributed by atoms with van der Waals surface area (Å²) >= 11 is 0. The molecular formula is C20H26O11. The van der Waals surface area contributed by atoms with Crippen LogP contribution in [0.25, 0.3) is 0 Å². The van der Waals surface area contributed by atoms with Gasteiger partial charge in [-0.2, -0.15) is 0 Å². The van der Waals surface area contributed by atoms with E-state index in [1.54, 1.807) is 20.8 Å². The molecule has 3 heterocycles. The summed E-state index contributed by atoms with van der Waals surface area (Å²) in [6.45, 7) is 6.59. The van der Waals surface area contributed by atoms with Crippen molar-refractivity contribution in [1.82, 2.24) is 0 Å². The first-order chi connectivity index (χ1) is 14.2. The molecule has 2 aliphatic carbocycles. The van der Waals surface area contributed by atoms with E-state index in [9.17, 15) is 39.9 Å². The summed E-state index contributed by atoms with van der Waals surface area (Å²) in [5.74, 6) is -5.97. The minimum absolute atomic E-state index is 0.103. The fraction of sp³-hybridized carbons (Fsp3) is 0.850. The number of hydrogen-bond acceptors (Lipinski definition) is 10. The molecule has 5 N–H and O–H groups in total. The number of ether oxygens (including phenoxy) is 3. The van der Waals surface area contributed by atoms with E-state index in [1.807, 2.05) is 0 Å². The van der Waals surface area contributed by atoms with Crippen LogP contribution in [-0.2, 0) is 28.6 Å². The van der Waals surface area contributed by atoms with E-state index in [0.717, 1.165) is 0 Å². The number of hydrogen-bond donors (Lipinski definition) is 5. The molecule has 0 aromatic carbocycles. The fourth-order valence-electron chi connectivity index (χ4n) is 7.82. The Labute approximate surface area is 176 Å². The number of aliphatic carboxylic acids is 1. The minimum Gasteiger partial charge on any atom is -0.479 e. The zero-order valence-electron chi connectivity index (χ0n) is 17.4. The summed E-state index contributed by atoms with van der Waals surface area (Å²) < 4.78 is 16.3. The number of aliphatic hydroxyl groups is 4. The van der Waals surface area contributed by atoms with Crippen molar-refractivity contribution >= 4 is 17.9 Å². The smallest absolute Gasteiger partial charge is 0.340 e. The highest BCUT2D eigenvalue weighted by Gasteiger charge is 3.01. The number of fused-ring (bicyclic) bond motifs is 2. The first kappa shape index (κ1) is 21.1. The van der Waals surface area contributed by atoms with Gasteiger partial charge >= 0.3 is 17.9 Å². The molecule has 0 radical (unpaired) electrons. The van der Waals surface area contributed by atoms with Gasteiger partial charge in [0.05, 0.1) is 22.9 Å². The lowest BCUT2D eigenvalue weighted by Gasteiger charge is -2.50. The van der Waals surface area contributed by atoms with Crippen molar-refractivity contribution in [2.24, 2.45) is 28.1 Å². The molecule has 2 saturated carbocycles. The molecule has 3 aliphatic heterocycles. The second-order valence-corrected chi connectivity index (χ2v) is 10.6. The van der Waals surface area contributed by atoms with E-state index in [2.05, 4.69) is 0 Å². The van der Waals surface area contributed by atoms with Crippen LogP contribution in [0.5, 0.6) is 0 Å². The summed E-state index contributed by atoms with van der Waals surface area (Å²) in [5.41, 5.74) is -10.3. The van der Waals surface area contributed by atoms with Crippen LogP contribution in [0.15, 0.2) is 0 Å². The molecule has 0 bridgehead atoms. The Hall–Kier alpha value is -1.79. The minimum atomic E-state index is -2.79. The maximum absolute atomic E-state index is 12.9. The standard InChI is InChI=1S/C20H26O11/c1-6-12(24)29-11-9(22)18-8(21)5-7(16(2,3)4)17(18)10(23)13(25)30-15(17)31-20(18,14(26)27)19(6,11)28/h6-11,15,21-23,28H,5H2,1-4H3,(H,26,27)/t6-,7+,8-,9-,10+,11+,15+,17+,18+,19-,20-/m1/s1. The van der Waals surface area contributed by atoms with Crippen molar-refractivity contribution in [3.8, 4) is 0 Å². The molecule has 0 unspecified atom stereocenters. The predicted octanol–water partition coefficient (Wildman–Crippen LogP) is -1.85. The molecule has 5 fully saturated rings. The van der Waals surface area contributed by atoms with Gasteiger partial charge in [0.25, 0.3) is 0 Å². The fourth-order valence-corrected chi connectivity index (χ4v) is 7.82. The van der Waals surface area contributed by atoms with Gasteiger partial charge in [-0.15, -0.1) is 0 Å². The van der Waals surface area contributed by atoms with E-state index in [4.69, 9.17) is 14.2 Å². The molecule has 0 amide bonds. The van der Waals surface area contributed by atoms with Crippen molar-refractivity contribution in [2.45, 2.75) is 76.0 Å². The van der Waals surface area contributed by atoms with E-state index in [0.29, 0.717) is 0 Å². The highest BCUT2D eigenvalue weighted by atomic mass is 16.7. The largest absolute Gasteiger partial charge is 0.479 e. The van der Waals surface area contributed by atoms with E-state index >= 15 is 0 Å². The zero-order valence-corrected chi connectivity index (χ0v) is 17.4. The van der Waals surface area contributed by atoms with Crippen molar-refractivity contribution in [1.29, 1.82) is 0 Å². The number of aliphatic hydroxyl groups excluding tert-OH is 3. The molecule has 11 atom stereocenters. The second-order valence-electron chi connectivity index (χ2n) is 10.6. The second kappa shape index (κ2) is 5.40. The van der Waals surface area contributed by atoms with Crippen LogP contribution in [0, 0.1) is 28.1 Å². The van der Waals surface area contributed by atoms with Crippen molar-refractivity contribution in [3.63, 3.8) is 0 Å². The summed E-state index contributed by atoms with van der Waals surface area (Å²) in [7, 11) is 0. The maximum atomic E-state index is 12.9. The highest BCUT2D eigenvalue weighted by Crippen LogP contribution is 2.82. The number of carboxylic acids is 1. The third-order valence-corrected chi connectivity index (χ3v) is 8.79. The SMILES string of the molecule is C[C@@H]1C(=O)O[C@H]2[C@@H](O)[C@@]34[C@H](O)C[C@@H](C(C)(C)C)[C@]35[C@@H](OC(=O)[C@@H]5O)O[C@@]4(C(=O)O)[C@@]12O. The van der Waals surface area contributed by atoms with Crippen LogP contribution in [0.1, 0.15) is 34.1 Å². The Balaban J connectivity index is 1.91. The Morgan fingerprint density at radius 1 is 1.10 bits per heavy atom. The molecule has 5 aliphatic rings. The van der Waals surface area contributed by atoms with Crippen LogP contribution in [0.3, 0.4) is 0 Å². The van der Waals surface area contributed by atoms with Crippen molar-refractivity contribution < 1.29 is 54.1 Å². The van der Waals surface area contributed by atoms with Gasteiger partial charge in [0, 0.05) is 0 Å². The monoisotopic (exact) mass is 442 g/mol. The molecule has 2 spiro atoms. The number of carbonyl (C=O) groups is 3. The molecule has 172 valence electrons. The van der Waals surface area contributed by atoms with Crippen LogP contribution in [0.2, 0.25) is 0 Å². The van der Waals surface area contributed by atoms with Crippen LogP contribution < -0.4 is 0 Å². The van der Waals surface area contributed by atoms with Gasteiger partial charge in [-0.25, -0.2) is 9.59 Å². The number of carboxylic acid groups (broad SMARTS) is 1. The molecule has 11 heteroatoms. The Morgan fingerprint density at radius 3 is 2.26 bits per heavy atom. The topological polar surface area (TPSA) is 180 Å². The molecule has 3 saturated heterocycles. The molecule has 31 heavy (non-hydrogen) atoms. The Morgan fingerprint density at radius 2 is 1.71 bits per heavy atom. The quantitative estimate of drug-likeness (QED) is 0.288. The predicted molar refractivity (Wildman–Crippen MR) is 95.8 cm³/mol. The van der Waals surface area contributed by atoms with Gasteiger partial charge in [-0.05, 0) is 24.7 Å². The number of rotatable bonds is 1. The number of esters is 2. The number of carbonyl (C=O) groups excluding carboxylic acids is 2. The highest BCUT2D eigenvalue weighted by molar-refractivity contribution is 5.90. The average Bonchev–Trinajstić information content (AvgIpc) is 3.30. The van der Waals surface area contributed by atoms with Crippen LogP contribution >= 0.6 is 0 Å². The lowest BCUT2D eigenvalue weighted by molar-refractivity contribution is -0.252. The van der Waals surface area contributed by atoms with Gasteiger partial charge in [-0.1, -0.05) is 20.8 Å². The lowest BCUT2D eigenvalue weighted by atomic mass is 9.50. The normalized spacial score (nSPS) is 57.2. The van der Waals surface area contributed by atoms with Gasteiger partial charge in [-0.3, -0.25) is 4.79 Å². The first-order valence-electron chi connectivity index (χ1n) is 10.3. The van der Waals surface area contributed by atoms with Crippen molar-refractivity contribution in [2.75, 3.05) is 0 Å². The maximum Gasteiger partial charge on any atom is 0.340 e. The molecule has 0 aromatic heterocycles. The summed E-state index contributed by atoms with van der Waals surface area (Å²) in [5, 5.41) is 56.3. The van der Waals surface area contributed by atoms with Gasteiger partial charge in [0.2, 0.25) is 11.9 Å². The lowest BCUT2D eigenvalue weighted by Crippen LogP contribution is -2.71. The molecule has 0 aromatic rings. The van der Waals surface area contributed by atoms with E-state index in [-0.39, 0.29) is 6.42 Å². The zero-order chi connectivity index (χ0) is 23.1. The Bertz CT molecular complexity index is 911. The summed E-state index contributed by atoms with van der Waals surface area (Å²) in [6, 6.07) is 0. The van der Waals surface area contributed by atoms with Gasteiger partial charge in [0.15, 0.2) is 17.8 Å². The average molecular weight is 442 g/mol. The van der Waals surface area contributed by atoms with E-state index < -0.39 is 87.9 Å². The first-order valence-corrected chi connectivity index (χ1v) is 10.3. The summed E-state index contributed by atoms with van der Waals surface area (Å²) in [4.78, 5) is 37.7. The third-order valence-electron chi connectivity index (χ3n) is 8.79. The molecule has 5 rings (SSSR count). The van der Waals surface area contributed by atoms with Gasteiger partial charge in [0.1, 0.15) is 6.10 Å². The summed E-state index contributed by atoms with van der Waals surface area (Å²) in [6.07, 6.45) is -9.05. The van der Waals surface area contributed by atoms with Crippen LogP contribution in [0.4, 0.5) is 0 Å². The molecular weight excluding hydrogens is 416 g/mol.